The van der Waals surface area contributed by atoms with Gasteiger partial charge in [0.1, 0.15) is 0 Å². The van der Waals surface area contributed by atoms with E-state index in [1.807, 2.05) is 48.0 Å². The lowest BCUT2D eigenvalue weighted by molar-refractivity contribution is -0.145. The Hall–Kier alpha value is -1.68. The SMILES string of the molecule is Cc1cc(Br)cc(C)c1N(CCNC(C)C)C(=O)CNCC(=O)N(C)N1Cc2ccccc2C1.Cl.Cl. The molecule has 200 valence electrons. The molecule has 0 atom stereocenters. The molecule has 0 saturated carbocycles. The quantitative estimate of drug-likeness (QED) is 0.426. The number of hydrogen-bond acceptors (Lipinski definition) is 5. The Bertz CT molecular complexity index is 989. The van der Waals surface area contributed by atoms with Crippen molar-refractivity contribution in [3.63, 3.8) is 0 Å². The predicted octanol–water partition coefficient (Wildman–Crippen LogP) is 4.22. The molecule has 1 aliphatic heterocycles. The molecule has 0 bridgehead atoms. The number of nitrogens with zero attached hydrogens (tertiary/aromatic N) is 3. The number of anilines is 1. The Morgan fingerprint density at radius 3 is 2.06 bits per heavy atom. The van der Waals surface area contributed by atoms with Crippen LogP contribution in [0.4, 0.5) is 5.69 Å². The molecule has 7 nitrogen and oxygen atoms in total. The van der Waals surface area contributed by atoms with Crippen molar-refractivity contribution in [1.29, 1.82) is 0 Å². The number of nitrogens with one attached hydrogen (secondary N) is 2. The van der Waals surface area contributed by atoms with Crippen molar-refractivity contribution in [3.8, 4) is 0 Å². The second-order valence-electron chi connectivity index (χ2n) is 9.15. The van der Waals surface area contributed by atoms with Gasteiger partial charge in [0, 0.05) is 49.4 Å². The van der Waals surface area contributed by atoms with Gasteiger partial charge >= 0.3 is 0 Å². The third kappa shape index (κ3) is 8.43. The Morgan fingerprint density at radius 2 is 1.53 bits per heavy atom. The summed E-state index contributed by atoms with van der Waals surface area (Å²) in [5.74, 6) is -0.118. The fourth-order valence-corrected chi connectivity index (χ4v) is 5.01. The fourth-order valence-electron chi connectivity index (χ4n) is 4.33. The summed E-state index contributed by atoms with van der Waals surface area (Å²) < 4.78 is 0.995. The lowest BCUT2D eigenvalue weighted by atomic mass is 10.1. The average Bonchev–Trinajstić information content (AvgIpc) is 3.20. The van der Waals surface area contributed by atoms with Crippen LogP contribution in [0.25, 0.3) is 0 Å². The topological polar surface area (TPSA) is 67.9 Å². The highest BCUT2D eigenvalue weighted by atomic mass is 79.9. The molecule has 2 N–H and O–H groups in total. The number of aryl methyl sites for hydroxylation is 2. The molecular formula is C26H38BrCl2N5O2. The van der Waals surface area contributed by atoms with Crippen molar-refractivity contribution in [2.75, 3.05) is 38.1 Å². The van der Waals surface area contributed by atoms with E-state index in [0.717, 1.165) is 34.4 Å². The van der Waals surface area contributed by atoms with E-state index in [1.165, 1.54) is 11.1 Å². The van der Waals surface area contributed by atoms with Crippen molar-refractivity contribution in [2.24, 2.45) is 0 Å². The lowest BCUT2D eigenvalue weighted by Gasteiger charge is -2.29. The van der Waals surface area contributed by atoms with Gasteiger partial charge in [-0.05, 0) is 48.2 Å². The summed E-state index contributed by atoms with van der Waals surface area (Å²) in [7, 11) is 1.79. The Balaban J connectivity index is 0.00000324. The number of hydrogen-bond donors (Lipinski definition) is 2. The van der Waals surface area contributed by atoms with Crippen LogP contribution in [0.1, 0.15) is 36.1 Å². The Morgan fingerprint density at radius 1 is 1.00 bits per heavy atom. The van der Waals surface area contributed by atoms with Crippen LogP contribution in [-0.2, 0) is 22.7 Å². The molecule has 0 spiro atoms. The third-order valence-electron chi connectivity index (χ3n) is 6.08. The average molecular weight is 603 g/mol. The molecular weight excluding hydrogens is 565 g/mol. The number of fused-ring (bicyclic) bond motifs is 1. The molecule has 3 rings (SSSR count). The first kappa shape index (κ1) is 32.3. The molecule has 2 amide bonds. The highest BCUT2D eigenvalue weighted by Gasteiger charge is 2.25. The van der Waals surface area contributed by atoms with Crippen molar-refractivity contribution >= 4 is 58.2 Å². The number of rotatable bonds is 10. The van der Waals surface area contributed by atoms with Gasteiger partial charge in [0.2, 0.25) is 5.91 Å². The van der Waals surface area contributed by atoms with Crippen LogP contribution in [0.3, 0.4) is 0 Å². The monoisotopic (exact) mass is 601 g/mol. The van der Waals surface area contributed by atoms with Crippen LogP contribution in [0.5, 0.6) is 0 Å². The zero-order valence-electron chi connectivity index (χ0n) is 21.6. The summed E-state index contributed by atoms with van der Waals surface area (Å²) in [5, 5.41) is 10.1. The first-order valence-corrected chi connectivity index (χ1v) is 12.6. The van der Waals surface area contributed by atoms with E-state index in [-0.39, 0.29) is 49.7 Å². The molecule has 36 heavy (non-hydrogen) atoms. The largest absolute Gasteiger partial charge is 0.313 e. The summed E-state index contributed by atoms with van der Waals surface area (Å²) in [6.45, 7) is 11.1. The minimum atomic E-state index is -0.0652. The number of halogens is 3. The van der Waals surface area contributed by atoms with Crippen LogP contribution >= 0.6 is 40.7 Å². The van der Waals surface area contributed by atoms with Crippen molar-refractivity contribution in [3.05, 3.63) is 63.1 Å². The van der Waals surface area contributed by atoms with E-state index in [9.17, 15) is 9.59 Å². The maximum Gasteiger partial charge on any atom is 0.250 e. The third-order valence-corrected chi connectivity index (χ3v) is 6.53. The molecule has 0 unspecified atom stereocenters. The van der Waals surface area contributed by atoms with Crippen LogP contribution in [0.15, 0.2) is 40.9 Å². The van der Waals surface area contributed by atoms with Gasteiger partial charge < -0.3 is 10.2 Å². The Kier molecular flexibility index (Phi) is 13.4. The zero-order chi connectivity index (χ0) is 24.8. The van der Waals surface area contributed by atoms with E-state index in [0.29, 0.717) is 19.1 Å². The molecule has 10 heteroatoms. The second-order valence-corrected chi connectivity index (χ2v) is 10.1. The molecule has 0 fully saturated rings. The highest BCUT2D eigenvalue weighted by Crippen LogP contribution is 2.29. The van der Waals surface area contributed by atoms with Gasteiger partial charge in [-0.3, -0.25) is 19.9 Å². The van der Waals surface area contributed by atoms with Crippen LogP contribution in [0.2, 0.25) is 0 Å². The van der Waals surface area contributed by atoms with E-state index >= 15 is 0 Å². The Labute approximate surface area is 235 Å². The maximum atomic E-state index is 13.3. The van der Waals surface area contributed by atoms with Gasteiger partial charge in [0.25, 0.3) is 5.91 Å². The van der Waals surface area contributed by atoms with E-state index < -0.39 is 0 Å². The summed E-state index contributed by atoms with van der Waals surface area (Å²) in [6, 6.07) is 12.6. The maximum absolute atomic E-state index is 13.3. The number of amides is 2. The molecule has 0 aromatic heterocycles. The van der Waals surface area contributed by atoms with Crippen molar-refractivity contribution in [1.82, 2.24) is 20.7 Å². The van der Waals surface area contributed by atoms with Crippen molar-refractivity contribution < 1.29 is 9.59 Å². The van der Waals surface area contributed by atoms with Gasteiger partial charge in [0.15, 0.2) is 0 Å². The summed E-state index contributed by atoms with van der Waals surface area (Å²) >= 11 is 3.54. The first-order chi connectivity index (χ1) is 16.2. The predicted molar refractivity (Wildman–Crippen MR) is 155 cm³/mol. The fraction of sp³-hybridized carbons (Fsp3) is 0.462. The lowest BCUT2D eigenvalue weighted by Crippen LogP contribution is -2.47. The normalized spacial score (nSPS) is 12.5. The van der Waals surface area contributed by atoms with Crippen LogP contribution in [0, 0.1) is 13.8 Å². The minimum absolute atomic E-state index is 0. The van der Waals surface area contributed by atoms with Crippen LogP contribution < -0.4 is 15.5 Å². The van der Waals surface area contributed by atoms with E-state index in [2.05, 4.69) is 52.5 Å². The number of likely N-dealkylation sites (N-methyl/N-ethyl adjacent to an activating group) is 1. The van der Waals surface area contributed by atoms with Gasteiger partial charge in [0.05, 0.1) is 13.1 Å². The van der Waals surface area contributed by atoms with E-state index in [1.54, 1.807) is 12.1 Å². The second kappa shape index (κ2) is 14.9. The summed E-state index contributed by atoms with van der Waals surface area (Å²) in [4.78, 5) is 27.9. The van der Waals surface area contributed by atoms with Gasteiger partial charge in [-0.1, -0.05) is 54.0 Å². The number of hydrazine groups is 1. The molecule has 0 saturated heterocycles. The molecule has 0 radical (unpaired) electrons. The number of carbonyl (C=O) groups is 2. The summed E-state index contributed by atoms with van der Waals surface area (Å²) in [5.41, 5.74) is 5.49. The zero-order valence-corrected chi connectivity index (χ0v) is 24.9. The molecule has 2 aromatic rings. The van der Waals surface area contributed by atoms with Gasteiger partial charge in [-0.25, -0.2) is 5.01 Å². The standard InChI is InChI=1S/C26H36BrN5O2.2ClH/c1-18(2)29-10-11-32(26-19(3)12-23(27)13-20(26)4)25(34)15-28-14-24(33)30(5)31-16-21-8-6-7-9-22(21)17-31;;/h6-9,12-13,18,28-29H,10-11,14-17H2,1-5H3;2*1H. The molecule has 1 aliphatic rings. The van der Waals surface area contributed by atoms with Crippen LogP contribution in [-0.4, -0.2) is 61.1 Å². The summed E-state index contributed by atoms with van der Waals surface area (Å²) in [6.07, 6.45) is 0. The molecule has 0 aliphatic carbocycles. The first-order valence-electron chi connectivity index (χ1n) is 11.8. The number of carbonyl (C=O) groups excluding carboxylic acids is 2. The van der Waals surface area contributed by atoms with Gasteiger partial charge in [-0.2, -0.15) is 0 Å². The van der Waals surface area contributed by atoms with E-state index in [4.69, 9.17) is 0 Å². The molecule has 1 heterocycles. The number of benzene rings is 2. The highest BCUT2D eigenvalue weighted by molar-refractivity contribution is 9.10. The minimum Gasteiger partial charge on any atom is -0.313 e. The molecule has 2 aromatic carbocycles. The smallest absolute Gasteiger partial charge is 0.250 e. The van der Waals surface area contributed by atoms with Gasteiger partial charge in [-0.15, -0.1) is 24.8 Å². The van der Waals surface area contributed by atoms with Crippen molar-refractivity contribution in [2.45, 2.75) is 46.8 Å².